The zero-order valence-corrected chi connectivity index (χ0v) is 10.1. The molecule has 4 rings (SSSR count). The van der Waals surface area contributed by atoms with Crippen LogP contribution in [0.5, 0.6) is 0 Å². The number of thiazole rings is 1. The van der Waals surface area contributed by atoms with Crippen LogP contribution in [0, 0.1) is 0 Å². The molecule has 4 aromatic rings. The summed E-state index contributed by atoms with van der Waals surface area (Å²) in [5.74, 6) is 0.645. The van der Waals surface area contributed by atoms with Gasteiger partial charge in [0.05, 0.1) is 15.7 Å². The lowest BCUT2D eigenvalue weighted by Crippen LogP contribution is -1.77. The smallest absolute Gasteiger partial charge is 0.227 e. The van der Waals surface area contributed by atoms with E-state index in [1.807, 2.05) is 41.9 Å². The molecule has 0 bridgehead atoms. The van der Waals surface area contributed by atoms with Crippen molar-refractivity contribution >= 4 is 32.7 Å². The molecule has 2 aromatic heterocycles. The second kappa shape index (κ2) is 3.65. The van der Waals surface area contributed by atoms with Gasteiger partial charge in [-0.2, -0.15) is 0 Å². The van der Waals surface area contributed by atoms with Gasteiger partial charge in [0.25, 0.3) is 0 Å². The third-order valence-electron chi connectivity index (χ3n) is 2.87. The Morgan fingerprint density at radius 3 is 2.89 bits per heavy atom. The molecule has 2 heterocycles. The van der Waals surface area contributed by atoms with E-state index in [0.717, 1.165) is 22.2 Å². The highest BCUT2D eigenvalue weighted by atomic mass is 32.1. The predicted molar refractivity (Wildman–Crippen MR) is 72.6 cm³/mol. The monoisotopic (exact) mass is 252 g/mol. The first-order chi connectivity index (χ1) is 8.90. The molecule has 18 heavy (non-hydrogen) atoms. The molecule has 4 heteroatoms. The summed E-state index contributed by atoms with van der Waals surface area (Å²) >= 11 is 1.63. The molecule has 0 fully saturated rings. The van der Waals surface area contributed by atoms with Crippen LogP contribution < -0.4 is 0 Å². The van der Waals surface area contributed by atoms with Gasteiger partial charge in [-0.1, -0.05) is 12.1 Å². The van der Waals surface area contributed by atoms with Crippen LogP contribution in [0.1, 0.15) is 0 Å². The molecule has 0 aliphatic heterocycles. The molecule has 0 aliphatic rings. The lowest BCUT2D eigenvalue weighted by molar-refractivity contribution is 0.620. The molecule has 3 nitrogen and oxygen atoms in total. The lowest BCUT2D eigenvalue weighted by atomic mass is 10.2. The first-order valence-electron chi connectivity index (χ1n) is 5.59. The van der Waals surface area contributed by atoms with E-state index in [1.54, 1.807) is 11.3 Å². The highest BCUT2D eigenvalue weighted by Crippen LogP contribution is 2.27. The van der Waals surface area contributed by atoms with E-state index in [0.29, 0.717) is 5.89 Å². The van der Waals surface area contributed by atoms with Gasteiger partial charge >= 0.3 is 0 Å². The number of benzene rings is 2. The number of hydrogen-bond donors (Lipinski definition) is 0. The molecule has 0 spiro atoms. The van der Waals surface area contributed by atoms with Gasteiger partial charge < -0.3 is 4.42 Å². The van der Waals surface area contributed by atoms with Crippen molar-refractivity contribution in [2.45, 2.75) is 0 Å². The quantitative estimate of drug-likeness (QED) is 0.512. The summed E-state index contributed by atoms with van der Waals surface area (Å²) in [4.78, 5) is 8.79. The van der Waals surface area contributed by atoms with E-state index in [4.69, 9.17) is 4.42 Å². The first kappa shape index (κ1) is 9.79. The second-order valence-electron chi connectivity index (χ2n) is 4.02. The second-order valence-corrected chi connectivity index (χ2v) is 4.91. The highest BCUT2D eigenvalue weighted by molar-refractivity contribution is 7.16. The third kappa shape index (κ3) is 1.43. The standard InChI is InChI=1S/C14H8N2OS/c1-2-4-12-10(3-1)16-14(17-12)9-5-6-13-11(7-9)15-8-18-13/h1-8H. The maximum absolute atomic E-state index is 5.74. The fraction of sp³-hybridized carbons (Fsp3) is 0. The van der Waals surface area contributed by atoms with Crippen LogP contribution in [0.3, 0.4) is 0 Å². The van der Waals surface area contributed by atoms with Crippen molar-refractivity contribution in [3.8, 4) is 11.5 Å². The number of hydrogen-bond acceptors (Lipinski definition) is 4. The Kier molecular flexibility index (Phi) is 1.98. The van der Waals surface area contributed by atoms with E-state index in [-0.39, 0.29) is 0 Å². The summed E-state index contributed by atoms with van der Waals surface area (Å²) in [6.45, 7) is 0. The number of para-hydroxylation sites is 2. The minimum absolute atomic E-state index is 0.645. The lowest BCUT2D eigenvalue weighted by Gasteiger charge is -1.94. The van der Waals surface area contributed by atoms with Crippen LogP contribution in [0.4, 0.5) is 0 Å². The molecule has 2 aromatic carbocycles. The number of aromatic nitrogens is 2. The van der Waals surface area contributed by atoms with E-state index >= 15 is 0 Å². The fourth-order valence-corrected chi connectivity index (χ4v) is 2.65. The molecule has 0 saturated carbocycles. The molecule has 0 N–H and O–H groups in total. The molecular formula is C14H8N2OS. The summed E-state index contributed by atoms with van der Waals surface area (Å²) in [6, 6.07) is 13.9. The zero-order valence-electron chi connectivity index (χ0n) is 9.33. The van der Waals surface area contributed by atoms with E-state index < -0.39 is 0 Å². The van der Waals surface area contributed by atoms with Gasteiger partial charge in [-0.15, -0.1) is 11.3 Å². The molecule has 0 amide bonds. The highest BCUT2D eigenvalue weighted by Gasteiger charge is 2.08. The van der Waals surface area contributed by atoms with Crippen molar-refractivity contribution in [3.63, 3.8) is 0 Å². The number of fused-ring (bicyclic) bond motifs is 2. The van der Waals surface area contributed by atoms with Crippen LogP contribution >= 0.6 is 11.3 Å². The molecular weight excluding hydrogens is 244 g/mol. The normalized spacial score (nSPS) is 11.3. The molecule has 0 unspecified atom stereocenters. The van der Waals surface area contributed by atoms with Crippen LogP contribution in [-0.2, 0) is 0 Å². The van der Waals surface area contributed by atoms with Crippen molar-refractivity contribution in [1.82, 2.24) is 9.97 Å². The van der Waals surface area contributed by atoms with Crippen molar-refractivity contribution in [3.05, 3.63) is 48.0 Å². The van der Waals surface area contributed by atoms with Gasteiger partial charge in [-0.3, -0.25) is 0 Å². The number of oxazole rings is 1. The van der Waals surface area contributed by atoms with Crippen LogP contribution in [0.15, 0.2) is 52.4 Å². The fourth-order valence-electron chi connectivity index (χ4n) is 1.99. The van der Waals surface area contributed by atoms with Gasteiger partial charge in [0.1, 0.15) is 5.52 Å². The summed E-state index contributed by atoms with van der Waals surface area (Å²) in [5, 5.41) is 0. The molecule has 86 valence electrons. The van der Waals surface area contributed by atoms with Gasteiger partial charge in [0.15, 0.2) is 5.58 Å². The maximum atomic E-state index is 5.74. The van der Waals surface area contributed by atoms with Gasteiger partial charge in [-0.05, 0) is 30.3 Å². The Morgan fingerprint density at radius 1 is 1.00 bits per heavy atom. The summed E-state index contributed by atoms with van der Waals surface area (Å²) in [5.41, 5.74) is 5.49. The maximum Gasteiger partial charge on any atom is 0.227 e. The summed E-state index contributed by atoms with van der Waals surface area (Å²) in [7, 11) is 0. The van der Waals surface area contributed by atoms with Crippen molar-refractivity contribution in [2.24, 2.45) is 0 Å². The van der Waals surface area contributed by atoms with Crippen molar-refractivity contribution in [2.75, 3.05) is 0 Å². The SMILES string of the molecule is c1ccc2oc(-c3ccc4scnc4c3)nc2c1. The first-order valence-corrected chi connectivity index (χ1v) is 6.47. The third-order valence-corrected chi connectivity index (χ3v) is 3.68. The Labute approximate surface area is 107 Å². The molecule has 0 radical (unpaired) electrons. The van der Waals surface area contributed by atoms with Gasteiger partial charge in [0.2, 0.25) is 5.89 Å². The van der Waals surface area contributed by atoms with E-state index in [1.165, 1.54) is 4.70 Å². The Bertz CT molecular complexity index is 814. The van der Waals surface area contributed by atoms with Crippen LogP contribution in [0.25, 0.3) is 32.8 Å². The zero-order chi connectivity index (χ0) is 11.9. The topological polar surface area (TPSA) is 38.9 Å². The van der Waals surface area contributed by atoms with Crippen molar-refractivity contribution in [1.29, 1.82) is 0 Å². The number of rotatable bonds is 1. The van der Waals surface area contributed by atoms with E-state index in [2.05, 4.69) is 16.0 Å². The van der Waals surface area contributed by atoms with Gasteiger partial charge in [0, 0.05) is 5.56 Å². The average molecular weight is 252 g/mol. The largest absolute Gasteiger partial charge is 0.436 e. The molecule has 0 aliphatic carbocycles. The average Bonchev–Trinajstić information content (AvgIpc) is 3.04. The Balaban J connectivity index is 1.94. The van der Waals surface area contributed by atoms with E-state index in [9.17, 15) is 0 Å². The predicted octanol–water partition coefficient (Wildman–Crippen LogP) is 4.10. The Hall–Kier alpha value is -2.20. The van der Waals surface area contributed by atoms with Crippen molar-refractivity contribution < 1.29 is 4.42 Å². The number of nitrogens with zero attached hydrogens (tertiary/aromatic N) is 2. The van der Waals surface area contributed by atoms with Gasteiger partial charge in [-0.25, -0.2) is 9.97 Å². The Morgan fingerprint density at radius 2 is 1.94 bits per heavy atom. The molecule has 0 saturated heterocycles. The summed E-state index contributed by atoms with van der Waals surface area (Å²) in [6.07, 6.45) is 0. The summed E-state index contributed by atoms with van der Waals surface area (Å²) < 4.78 is 6.92. The van der Waals surface area contributed by atoms with Crippen LogP contribution in [0.2, 0.25) is 0 Å². The molecule has 0 atom stereocenters. The van der Waals surface area contributed by atoms with Crippen LogP contribution in [-0.4, -0.2) is 9.97 Å². The minimum Gasteiger partial charge on any atom is -0.436 e. The minimum atomic E-state index is 0.645.